The fraction of sp³-hybridized carbons (Fsp3) is 0.444. The fourth-order valence-corrected chi connectivity index (χ4v) is 1.55. The number of aromatic nitrogens is 4. The SMILES string of the molecule is CC(C)(C)n1cnc2c(N)nc(N[B]N)nc21. The Morgan fingerprint density at radius 1 is 1.35 bits per heavy atom. The number of imidazole rings is 1. The van der Waals surface area contributed by atoms with Gasteiger partial charge in [-0.3, -0.25) is 0 Å². The van der Waals surface area contributed by atoms with E-state index in [9.17, 15) is 0 Å². The minimum Gasteiger partial charge on any atom is -0.386 e. The second-order valence-corrected chi connectivity index (χ2v) is 4.70. The van der Waals surface area contributed by atoms with Crippen molar-refractivity contribution in [2.45, 2.75) is 26.3 Å². The highest BCUT2D eigenvalue weighted by atomic mass is 15.2. The van der Waals surface area contributed by atoms with Crippen LogP contribution in [0.1, 0.15) is 20.8 Å². The summed E-state index contributed by atoms with van der Waals surface area (Å²) >= 11 is 0. The molecule has 2 aromatic rings. The molecule has 0 bridgehead atoms. The molecule has 2 rings (SSSR count). The Morgan fingerprint density at radius 2 is 2.06 bits per heavy atom. The van der Waals surface area contributed by atoms with E-state index in [4.69, 9.17) is 11.4 Å². The molecule has 2 aromatic heterocycles. The highest BCUT2D eigenvalue weighted by Gasteiger charge is 2.19. The van der Waals surface area contributed by atoms with Crippen LogP contribution in [0.4, 0.5) is 11.8 Å². The summed E-state index contributed by atoms with van der Waals surface area (Å²) in [4.78, 5) is 12.6. The van der Waals surface area contributed by atoms with Crippen LogP contribution in [0.5, 0.6) is 0 Å². The topological polar surface area (TPSA) is 108 Å². The fourth-order valence-electron chi connectivity index (χ4n) is 1.55. The molecule has 0 aromatic carbocycles. The van der Waals surface area contributed by atoms with Gasteiger partial charge in [-0.05, 0) is 20.8 Å². The van der Waals surface area contributed by atoms with Gasteiger partial charge in [-0.1, -0.05) is 0 Å². The van der Waals surface area contributed by atoms with Crippen LogP contribution >= 0.6 is 0 Å². The standard InChI is InChI=1S/C9H15BN7/c1-9(2,3)17-4-13-5-6(11)14-8(16-10-12)15-7(5)17/h4H,12H2,1-3H3,(H3,11,14,15,16). The molecule has 17 heavy (non-hydrogen) atoms. The highest BCUT2D eigenvalue weighted by molar-refractivity contribution is 6.35. The van der Waals surface area contributed by atoms with Crippen LogP contribution < -0.4 is 16.6 Å². The van der Waals surface area contributed by atoms with Crippen LogP contribution in [0.15, 0.2) is 6.33 Å². The lowest BCUT2D eigenvalue weighted by molar-refractivity contribution is 0.406. The number of rotatable bonds is 2. The lowest BCUT2D eigenvalue weighted by Gasteiger charge is -2.21. The van der Waals surface area contributed by atoms with E-state index >= 15 is 0 Å². The van der Waals surface area contributed by atoms with E-state index in [1.807, 2.05) is 4.57 Å². The minimum atomic E-state index is -0.126. The van der Waals surface area contributed by atoms with Gasteiger partial charge in [0, 0.05) is 5.54 Å². The van der Waals surface area contributed by atoms with Crippen molar-refractivity contribution in [3.05, 3.63) is 6.33 Å². The molecule has 0 spiro atoms. The van der Waals surface area contributed by atoms with Gasteiger partial charge in [-0.15, -0.1) is 0 Å². The number of nitrogen functional groups attached to an aromatic ring is 1. The molecule has 0 saturated heterocycles. The van der Waals surface area contributed by atoms with Crippen LogP contribution in [0.2, 0.25) is 0 Å². The van der Waals surface area contributed by atoms with Crippen LogP contribution in [-0.2, 0) is 5.54 Å². The van der Waals surface area contributed by atoms with Crippen LogP contribution in [-0.4, -0.2) is 27.1 Å². The Balaban J connectivity index is 2.66. The number of nitrogens with zero attached hydrogens (tertiary/aromatic N) is 4. The van der Waals surface area contributed by atoms with Crippen molar-refractivity contribution in [1.82, 2.24) is 19.5 Å². The number of nitrogens with two attached hydrogens (primary N) is 2. The molecule has 0 fully saturated rings. The number of hydrogen-bond donors (Lipinski definition) is 3. The normalized spacial score (nSPS) is 11.8. The second-order valence-electron chi connectivity index (χ2n) is 4.70. The molecule has 89 valence electrons. The van der Waals surface area contributed by atoms with E-state index in [-0.39, 0.29) is 5.54 Å². The van der Waals surface area contributed by atoms with Gasteiger partial charge < -0.3 is 21.2 Å². The summed E-state index contributed by atoms with van der Waals surface area (Å²) < 4.78 is 1.95. The van der Waals surface area contributed by atoms with Gasteiger partial charge in [0.1, 0.15) is 5.52 Å². The van der Waals surface area contributed by atoms with Gasteiger partial charge in [0.25, 0.3) is 0 Å². The maximum atomic E-state index is 5.82. The van der Waals surface area contributed by atoms with Crippen molar-refractivity contribution in [3.8, 4) is 0 Å². The van der Waals surface area contributed by atoms with E-state index in [0.717, 1.165) is 0 Å². The van der Waals surface area contributed by atoms with E-state index in [1.165, 1.54) is 7.55 Å². The number of nitrogens with one attached hydrogen (secondary N) is 1. The molecule has 0 amide bonds. The van der Waals surface area contributed by atoms with Crippen molar-refractivity contribution < 1.29 is 0 Å². The molecule has 0 aliphatic heterocycles. The van der Waals surface area contributed by atoms with Crippen LogP contribution in [0.25, 0.3) is 11.2 Å². The zero-order valence-electron chi connectivity index (χ0n) is 10.1. The zero-order chi connectivity index (χ0) is 12.6. The summed E-state index contributed by atoms with van der Waals surface area (Å²) in [6, 6.07) is 0. The van der Waals surface area contributed by atoms with Gasteiger partial charge in [0.05, 0.1) is 6.33 Å². The molecule has 2 heterocycles. The predicted octanol–water partition coefficient (Wildman–Crippen LogP) is 0.0683. The molecule has 0 unspecified atom stereocenters. The highest BCUT2D eigenvalue weighted by Crippen LogP contribution is 2.23. The third-order valence-corrected chi connectivity index (χ3v) is 2.36. The van der Waals surface area contributed by atoms with E-state index in [1.54, 1.807) is 6.33 Å². The summed E-state index contributed by atoms with van der Waals surface area (Å²) in [5, 5.41) is 2.72. The summed E-state index contributed by atoms with van der Waals surface area (Å²) in [5.74, 6) is 0.700. The van der Waals surface area contributed by atoms with Crippen LogP contribution in [0.3, 0.4) is 0 Å². The van der Waals surface area contributed by atoms with Crippen LogP contribution in [0, 0.1) is 0 Å². The van der Waals surface area contributed by atoms with Gasteiger partial charge in [-0.2, -0.15) is 9.97 Å². The monoisotopic (exact) mass is 232 g/mol. The molecular weight excluding hydrogens is 217 g/mol. The van der Waals surface area contributed by atoms with E-state index in [2.05, 4.69) is 41.0 Å². The van der Waals surface area contributed by atoms with Crippen molar-refractivity contribution in [2.75, 3.05) is 11.0 Å². The summed E-state index contributed by atoms with van der Waals surface area (Å²) in [5.41, 5.74) is 12.3. The van der Waals surface area contributed by atoms with E-state index in [0.29, 0.717) is 22.9 Å². The maximum Gasteiger partial charge on any atom is 0.345 e. The Labute approximate surface area is 99.9 Å². The van der Waals surface area contributed by atoms with Gasteiger partial charge >= 0.3 is 7.55 Å². The quantitative estimate of drug-likeness (QED) is 0.632. The molecule has 0 aliphatic carbocycles. The Hall–Kier alpha value is -1.83. The van der Waals surface area contributed by atoms with Crippen molar-refractivity contribution in [3.63, 3.8) is 0 Å². The predicted molar refractivity (Wildman–Crippen MR) is 68.3 cm³/mol. The summed E-state index contributed by atoms with van der Waals surface area (Å²) in [7, 11) is 1.26. The van der Waals surface area contributed by atoms with Gasteiger partial charge in [0.2, 0.25) is 5.95 Å². The first kappa shape index (κ1) is 11.7. The van der Waals surface area contributed by atoms with E-state index < -0.39 is 0 Å². The smallest absolute Gasteiger partial charge is 0.345 e. The average molecular weight is 232 g/mol. The van der Waals surface area contributed by atoms with Crippen molar-refractivity contribution in [2.24, 2.45) is 5.64 Å². The molecular formula is C9H15BN7. The first-order valence-corrected chi connectivity index (χ1v) is 5.24. The number of anilines is 2. The van der Waals surface area contributed by atoms with Crippen molar-refractivity contribution in [1.29, 1.82) is 0 Å². The average Bonchev–Trinajstić information content (AvgIpc) is 2.61. The molecule has 0 saturated carbocycles. The van der Waals surface area contributed by atoms with Gasteiger partial charge in [-0.25, -0.2) is 4.98 Å². The molecule has 1 radical (unpaired) electrons. The lowest BCUT2D eigenvalue weighted by Crippen LogP contribution is -2.22. The number of fused-ring (bicyclic) bond motifs is 1. The second kappa shape index (κ2) is 3.88. The largest absolute Gasteiger partial charge is 0.386 e. The third kappa shape index (κ3) is 2.03. The first-order valence-electron chi connectivity index (χ1n) is 5.24. The summed E-state index contributed by atoms with van der Waals surface area (Å²) in [6.07, 6.45) is 1.71. The number of hydrogen-bond acceptors (Lipinski definition) is 6. The molecule has 8 heteroatoms. The Morgan fingerprint density at radius 3 is 2.65 bits per heavy atom. The molecule has 0 aliphatic rings. The minimum absolute atomic E-state index is 0.126. The first-order chi connectivity index (χ1) is 7.93. The Kier molecular flexibility index (Phi) is 2.66. The Bertz CT molecular complexity index is 542. The molecule has 5 N–H and O–H groups in total. The molecule has 7 nitrogen and oxygen atoms in total. The maximum absolute atomic E-state index is 5.82. The molecule has 0 atom stereocenters. The van der Waals surface area contributed by atoms with Gasteiger partial charge in [0.15, 0.2) is 11.5 Å². The zero-order valence-corrected chi connectivity index (χ0v) is 10.1. The van der Waals surface area contributed by atoms with Crippen molar-refractivity contribution >= 4 is 30.5 Å². The summed E-state index contributed by atoms with van der Waals surface area (Å²) in [6.45, 7) is 6.19. The lowest BCUT2D eigenvalue weighted by atomic mass is 10.1. The third-order valence-electron chi connectivity index (χ3n) is 2.36.